The molecule has 3 heterocycles. The lowest BCUT2D eigenvalue weighted by atomic mass is 9.96. The number of methoxy groups -OCH3 is 1. The lowest BCUT2D eigenvalue weighted by molar-refractivity contribution is -0.138. The highest BCUT2D eigenvalue weighted by Crippen LogP contribution is 2.30. The molecule has 0 saturated carbocycles. The van der Waals surface area contributed by atoms with Crippen LogP contribution in [-0.2, 0) is 4.79 Å². The Balaban J connectivity index is 1.43. The number of nitrogens with zero attached hydrogens (tertiary/aromatic N) is 4. The van der Waals surface area contributed by atoms with Crippen molar-refractivity contribution in [1.29, 1.82) is 0 Å². The minimum Gasteiger partial charge on any atom is -0.496 e. The number of amides is 2. The minimum absolute atomic E-state index is 0.147. The van der Waals surface area contributed by atoms with Crippen molar-refractivity contribution in [2.24, 2.45) is 5.92 Å². The highest BCUT2D eigenvalue weighted by Gasteiger charge is 2.33. The summed E-state index contributed by atoms with van der Waals surface area (Å²) in [4.78, 5) is 31.9. The number of rotatable bonds is 4. The van der Waals surface area contributed by atoms with Crippen LogP contribution in [-0.4, -0.2) is 85.1 Å². The van der Waals surface area contributed by atoms with E-state index in [1.807, 2.05) is 29.2 Å². The van der Waals surface area contributed by atoms with Crippen molar-refractivity contribution in [3.63, 3.8) is 0 Å². The summed E-state index contributed by atoms with van der Waals surface area (Å²) in [6, 6.07) is 9.08. The maximum absolute atomic E-state index is 13.0. The summed E-state index contributed by atoms with van der Waals surface area (Å²) in [5.41, 5.74) is 0.997. The normalized spacial score (nSPS) is 20.3. The fourth-order valence-electron chi connectivity index (χ4n) is 4.16. The summed E-state index contributed by atoms with van der Waals surface area (Å²) in [5.74, 6) is 0.958. The molecule has 2 amide bonds. The molecule has 0 radical (unpaired) electrons. The minimum atomic E-state index is -0.198. The number of para-hydroxylation sites is 1. The Morgan fingerprint density at radius 1 is 1.10 bits per heavy atom. The van der Waals surface area contributed by atoms with E-state index in [0.717, 1.165) is 44.6 Å². The van der Waals surface area contributed by atoms with Gasteiger partial charge in [-0.3, -0.25) is 9.59 Å². The topological polar surface area (TPSA) is 79.1 Å². The Hall–Kier alpha value is -2.87. The van der Waals surface area contributed by atoms with Crippen LogP contribution in [0, 0.1) is 5.92 Å². The van der Waals surface area contributed by atoms with E-state index in [4.69, 9.17) is 9.26 Å². The molecule has 160 valence electrons. The third-order valence-corrected chi connectivity index (χ3v) is 5.97. The molecule has 2 aromatic rings. The van der Waals surface area contributed by atoms with Crippen LogP contribution < -0.4 is 4.74 Å². The monoisotopic (exact) mass is 412 g/mol. The van der Waals surface area contributed by atoms with Gasteiger partial charge in [-0.25, -0.2) is 0 Å². The van der Waals surface area contributed by atoms with Crippen molar-refractivity contribution >= 4 is 11.8 Å². The quantitative estimate of drug-likeness (QED) is 0.764. The van der Waals surface area contributed by atoms with Gasteiger partial charge >= 0.3 is 0 Å². The Kier molecular flexibility index (Phi) is 6.03. The third kappa shape index (κ3) is 4.18. The van der Waals surface area contributed by atoms with Crippen LogP contribution in [0.3, 0.4) is 0 Å². The number of piperidine rings is 1. The van der Waals surface area contributed by atoms with Crippen molar-refractivity contribution < 1.29 is 18.8 Å². The molecule has 1 aromatic carbocycles. The van der Waals surface area contributed by atoms with Crippen LogP contribution in [0.4, 0.5) is 0 Å². The summed E-state index contributed by atoms with van der Waals surface area (Å²) in [6.45, 7) is 4.36. The predicted molar refractivity (Wildman–Crippen MR) is 111 cm³/mol. The highest BCUT2D eigenvalue weighted by molar-refractivity contribution is 5.94. The van der Waals surface area contributed by atoms with Crippen molar-refractivity contribution in [3.8, 4) is 17.1 Å². The molecule has 0 unspecified atom stereocenters. The summed E-state index contributed by atoms with van der Waals surface area (Å²) >= 11 is 0. The van der Waals surface area contributed by atoms with Crippen LogP contribution in [0.15, 0.2) is 34.9 Å². The molecule has 1 aromatic heterocycles. The Morgan fingerprint density at radius 2 is 1.87 bits per heavy atom. The molecule has 4 rings (SSSR count). The standard InChI is InChI=1S/C22H28N4O4/c1-24-10-12-25(13-11-24)21(27)16-6-5-9-26(15-16)22(28)18-14-20(30-23-18)17-7-3-4-8-19(17)29-2/h3-4,7-8,14,16H,5-6,9-13,15H2,1-2H3/t16-/m0/s1. The fourth-order valence-corrected chi connectivity index (χ4v) is 4.16. The molecule has 2 aliphatic rings. The molecule has 2 saturated heterocycles. The molecule has 0 spiro atoms. The lowest BCUT2D eigenvalue weighted by Gasteiger charge is -2.37. The SMILES string of the molecule is COc1ccccc1-c1cc(C(=O)N2CCC[C@H](C(=O)N3CCN(C)CC3)C2)no1. The van der Waals surface area contributed by atoms with Crippen LogP contribution in [0.2, 0.25) is 0 Å². The van der Waals surface area contributed by atoms with Gasteiger partial charge in [0.15, 0.2) is 11.5 Å². The first-order valence-electron chi connectivity index (χ1n) is 10.4. The molecule has 8 heteroatoms. The van der Waals surface area contributed by atoms with E-state index in [-0.39, 0.29) is 23.4 Å². The van der Waals surface area contributed by atoms with Crippen molar-refractivity contribution in [1.82, 2.24) is 19.9 Å². The number of benzene rings is 1. The van der Waals surface area contributed by atoms with Crippen molar-refractivity contribution in [2.45, 2.75) is 12.8 Å². The Morgan fingerprint density at radius 3 is 2.63 bits per heavy atom. The number of ether oxygens (including phenoxy) is 1. The van der Waals surface area contributed by atoms with E-state index < -0.39 is 0 Å². The van der Waals surface area contributed by atoms with E-state index in [1.165, 1.54) is 0 Å². The fraction of sp³-hybridized carbons (Fsp3) is 0.500. The third-order valence-electron chi connectivity index (χ3n) is 5.97. The average Bonchev–Trinajstić information content (AvgIpc) is 3.29. The molecule has 30 heavy (non-hydrogen) atoms. The van der Waals surface area contributed by atoms with Gasteiger partial charge in [-0.2, -0.15) is 0 Å². The van der Waals surface area contributed by atoms with Gasteiger partial charge in [0.25, 0.3) is 5.91 Å². The zero-order chi connectivity index (χ0) is 21.1. The lowest BCUT2D eigenvalue weighted by Crippen LogP contribution is -2.52. The van der Waals surface area contributed by atoms with Crippen LogP contribution in [0.5, 0.6) is 5.75 Å². The average molecular weight is 412 g/mol. The number of aromatic nitrogens is 1. The molecule has 0 bridgehead atoms. The number of likely N-dealkylation sites (N-methyl/N-ethyl adjacent to an activating group) is 1. The second-order valence-corrected chi connectivity index (χ2v) is 8.00. The van der Waals surface area contributed by atoms with E-state index in [9.17, 15) is 9.59 Å². The van der Waals surface area contributed by atoms with E-state index in [1.54, 1.807) is 18.1 Å². The zero-order valence-electron chi connectivity index (χ0n) is 17.5. The first-order chi connectivity index (χ1) is 14.6. The van der Waals surface area contributed by atoms with Crippen molar-refractivity contribution in [2.75, 3.05) is 53.4 Å². The molecular weight excluding hydrogens is 384 g/mol. The molecule has 1 atom stereocenters. The van der Waals surface area contributed by atoms with Gasteiger partial charge in [0.05, 0.1) is 18.6 Å². The molecular formula is C22H28N4O4. The number of carbonyl (C=O) groups is 2. The maximum atomic E-state index is 13.0. The van der Waals surface area contributed by atoms with Gasteiger partial charge in [0, 0.05) is 45.3 Å². The predicted octanol–water partition coefficient (Wildman–Crippen LogP) is 1.98. The van der Waals surface area contributed by atoms with Gasteiger partial charge < -0.3 is 24.0 Å². The van der Waals surface area contributed by atoms with Gasteiger partial charge in [-0.05, 0) is 32.0 Å². The highest BCUT2D eigenvalue weighted by atomic mass is 16.5. The zero-order valence-corrected chi connectivity index (χ0v) is 17.5. The summed E-state index contributed by atoms with van der Waals surface area (Å²) in [7, 11) is 3.66. The number of hydrogen-bond acceptors (Lipinski definition) is 6. The van der Waals surface area contributed by atoms with E-state index in [2.05, 4.69) is 17.1 Å². The largest absolute Gasteiger partial charge is 0.496 e. The molecule has 2 fully saturated rings. The second-order valence-electron chi connectivity index (χ2n) is 8.00. The van der Waals surface area contributed by atoms with Crippen LogP contribution in [0.25, 0.3) is 11.3 Å². The van der Waals surface area contributed by atoms with Crippen molar-refractivity contribution in [3.05, 3.63) is 36.0 Å². The summed E-state index contributed by atoms with van der Waals surface area (Å²) < 4.78 is 10.8. The maximum Gasteiger partial charge on any atom is 0.276 e. The number of hydrogen-bond donors (Lipinski definition) is 0. The van der Waals surface area contributed by atoms with Gasteiger partial charge in [0.1, 0.15) is 5.75 Å². The second kappa shape index (κ2) is 8.87. The Bertz CT molecular complexity index is 904. The van der Waals surface area contributed by atoms with Crippen LogP contribution in [0.1, 0.15) is 23.3 Å². The van der Waals surface area contributed by atoms with E-state index >= 15 is 0 Å². The Labute approximate surface area is 176 Å². The van der Waals surface area contributed by atoms with Crippen LogP contribution >= 0.6 is 0 Å². The molecule has 8 nitrogen and oxygen atoms in total. The molecule has 0 aliphatic carbocycles. The first kappa shape index (κ1) is 20.4. The smallest absolute Gasteiger partial charge is 0.276 e. The van der Waals surface area contributed by atoms with Gasteiger partial charge in [0.2, 0.25) is 5.91 Å². The summed E-state index contributed by atoms with van der Waals surface area (Å²) in [6.07, 6.45) is 1.63. The molecule has 2 aliphatic heterocycles. The van der Waals surface area contributed by atoms with E-state index in [0.29, 0.717) is 24.6 Å². The first-order valence-corrected chi connectivity index (χ1v) is 10.4. The number of carbonyl (C=O) groups excluding carboxylic acids is 2. The van der Waals surface area contributed by atoms with Gasteiger partial charge in [-0.15, -0.1) is 0 Å². The molecule has 0 N–H and O–H groups in total. The number of piperazine rings is 1. The van der Waals surface area contributed by atoms with Gasteiger partial charge in [-0.1, -0.05) is 17.3 Å². The number of likely N-dealkylation sites (tertiary alicyclic amines) is 1. The summed E-state index contributed by atoms with van der Waals surface area (Å²) in [5, 5.41) is 3.99.